The Balaban J connectivity index is 2.03. The van der Waals surface area contributed by atoms with Crippen LogP contribution in [0, 0.1) is 0 Å². The third kappa shape index (κ3) is 3.47. The van der Waals surface area contributed by atoms with Crippen LogP contribution in [0.1, 0.15) is 38.2 Å². The number of carbonyl (C=O) groups excluding carboxylic acids is 1. The molecule has 1 heterocycles. The number of nitrogens with zero attached hydrogens (tertiary/aromatic N) is 1. The van der Waals surface area contributed by atoms with Crippen molar-refractivity contribution < 1.29 is 9.53 Å². The molecule has 2 N–H and O–H groups in total. The lowest BCUT2D eigenvalue weighted by atomic mass is 10.0. The van der Waals surface area contributed by atoms with Gasteiger partial charge in [0, 0.05) is 19.1 Å². The first-order valence-corrected chi connectivity index (χ1v) is 6.89. The first-order chi connectivity index (χ1) is 9.08. The van der Waals surface area contributed by atoms with E-state index in [0.29, 0.717) is 24.8 Å². The van der Waals surface area contributed by atoms with E-state index >= 15 is 0 Å². The van der Waals surface area contributed by atoms with Crippen LogP contribution in [0.4, 0.5) is 4.79 Å². The van der Waals surface area contributed by atoms with Crippen molar-refractivity contribution in [1.29, 1.82) is 0 Å². The maximum Gasteiger partial charge on any atom is 0.415 e. The molecule has 1 aromatic carbocycles. The molecule has 4 heteroatoms. The Hall–Kier alpha value is -1.55. The Morgan fingerprint density at radius 3 is 2.58 bits per heavy atom. The standard InChI is InChI=1S/C15H22N2O2/c1-11(2)13-5-3-4-6-14(13)19-15(18)17-9-7-12(16)8-10-17/h3-6,11-12H,7-10,16H2,1-2H3. The molecular formula is C15H22N2O2. The molecule has 0 radical (unpaired) electrons. The highest BCUT2D eigenvalue weighted by Crippen LogP contribution is 2.26. The van der Waals surface area contributed by atoms with Crippen LogP contribution in [0.3, 0.4) is 0 Å². The van der Waals surface area contributed by atoms with E-state index in [-0.39, 0.29) is 12.1 Å². The van der Waals surface area contributed by atoms with Crippen LogP contribution in [0.25, 0.3) is 0 Å². The third-order valence-electron chi connectivity index (χ3n) is 3.54. The number of benzene rings is 1. The minimum absolute atomic E-state index is 0.215. The number of hydrogen-bond donors (Lipinski definition) is 1. The van der Waals surface area contributed by atoms with Gasteiger partial charge in [0.2, 0.25) is 0 Å². The lowest BCUT2D eigenvalue weighted by Crippen LogP contribution is -2.44. The van der Waals surface area contributed by atoms with Gasteiger partial charge < -0.3 is 15.4 Å². The number of piperidine rings is 1. The van der Waals surface area contributed by atoms with E-state index in [0.717, 1.165) is 18.4 Å². The molecule has 1 fully saturated rings. The molecule has 0 aliphatic carbocycles. The van der Waals surface area contributed by atoms with Crippen LogP contribution in [0.2, 0.25) is 0 Å². The van der Waals surface area contributed by atoms with Crippen LogP contribution in [-0.2, 0) is 0 Å². The topological polar surface area (TPSA) is 55.6 Å². The Kier molecular flexibility index (Phi) is 4.43. The van der Waals surface area contributed by atoms with Crippen molar-refractivity contribution in [2.24, 2.45) is 5.73 Å². The smallest absolute Gasteiger partial charge is 0.410 e. The minimum atomic E-state index is -0.264. The SMILES string of the molecule is CC(C)c1ccccc1OC(=O)N1CCC(N)CC1. The average Bonchev–Trinajstić information content (AvgIpc) is 2.39. The van der Waals surface area contributed by atoms with Gasteiger partial charge in [-0.05, 0) is 30.4 Å². The summed E-state index contributed by atoms with van der Waals surface area (Å²) in [6.07, 6.45) is 1.43. The van der Waals surface area contributed by atoms with Gasteiger partial charge in [0.05, 0.1) is 0 Å². The number of nitrogens with two attached hydrogens (primary N) is 1. The summed E-state index contributed by atoms with van der Waals surface area (Å²) in [5.41, 5.74) is 6.89. The molecule has 19 heavy (non-hydrogen) atoms. The first-order valence-electron chi connectivity index (χ1n) is 6.89. The van der Waals surface area contributed by atoms with Crippen molar-refractivity contribution in [3.05, 3.63) is 29.8 Å². The van der Waals surface area contributed by atoms with Crippen molar-refractivity contribution in [2.45, 2.75) is 38.6 Å². The van der Waals surface area contributed by atoms with Crippen LogP contribution in [0.15, 0.2) is 24.3 Å². The lowest BCUT2D eigenvalue weighted by molar-refractivity contribution is 0.138. The summed E-state index contributed by atoms with van der Waals surface area (Å²) in [4.78, 5) is 13.8. The molecule has 0 atom stereocenters. The summed E-state index contributed by atoms with van der Waals surface area (Å²) in [6, 6.07) is 7.92. The molecule has 0 unspecified atom stereocenters. The minimum Gasteiger partial charge on any atom is -0.410 e. The van der Waals surface area contributed by atoms with Gasteiger partial charge in [-0.3, -0.25) is 0 Å². The number of rotatable bonds is 2. The molecule has 0 spiro atoms. The van der Waals surface area contributed by atoms with E-state index in [1.807, 2.05) is 24.3 Å². The Morgan fingerprint density at radius 1 is 1.32 bits per heavy atom. The van der Waals surface area contributed by atoms with E-state index in [1.165, 1.54) is 0 Å². The quantitative estimate of drug-likeness (QED) is 0.891. The molecule has 2 rings (SSSR count). The van der Waals surface area contributed by atoms with Gasteiger partial charge in [-0.1, -0.05) is 32.0 Å². The van der Waals surface area contributed by atoms with Gasteiger partial charge in [0.25, 0.3) is 0 Å². The predicted molar refractivity (Wildman–Crippen MR) is 75.3 cm³/mol. The fourth-order valence-corrected chi connectivity index (χ4v) is 2.29. The van der Waals surface area contributed by atoms with Crippen molar-refractivity contribution in [3.63, 3.8) is 0 Å². The summed E-state index contributed by atoms with van der Waals surface area (Å²) in [7, 11) is 0. The van der Waals surface area contributed by atoms with E-state index in [4.69, 9.17) is 10.5 Å². The highest BCUT2D eigenvalue weighted by molar-refractivity contribution is 5.71. The number of hydrogen-bond acceptors (Lipinski definition) is 3. The maximum absolute atomic E-state index is 12.1. The monoisotopic (exact) mass is 262 g/mol. The first kappa shape index (κ1) is 13.9. The Bertz CT molecular complexity index is 438. The molecule has 0 aromatic heterocycles. The molecule has 4 nitrogen and oxygen atoms in total. The Morgan fingerprint density at radius 2 is 1.95 bits per heavy atom. The van der Waals surface area contributed by atoms with Gasteiger partial charge in [-0.25, -0.2) is 4.79 Å². The third-order valence-corrected chi connectivity index (χ3v) is 3.54. The fourth-order valence-electron chi connectivity index (χ4n) is 2.29. The molecule has 1 aliphatic heterocycles. The highest BCUT2D eigenvalue weighted by atomic mass is 16.6. The molecule has 1 aromatic rings. The summed E-state index contributed by atoms with van der Waals surface area (Å²) >= 11 is 0. The van der Waals surface area contributed by atoms with Crippen LogP contribution >= 0.6 is 0 Å². The van der Waals surface area contributed by atoms with E-state index in [9.17, 15) is 4.79 Å². The zero-order chi connectivity index (χ0) is 13.8. The molecular weight excluding hydrogens is 240 g/mol. The molecule has 1 amide bonds. The maximum atomic E-state index is 12.1. The van der Waals surface area contributed by atoms with Crippen molar-refractivity contribution >= 4 is 6.09 Å². The largest absolute Gasteiger partial charge is 0.415 e. The second-order valence-corrected chi connectivity index (χ2v) is 5.38. The second kappa shape index (κ2) is 6.06. The van der Waals surface area contributed by atoms with Gasteiger partial charge in [0.15, 0.2) is 0 Å². The average molecular weight is 262 g/mol. The van der Waals surface area contributed by atoms with Crippen molar-refractivity contribution in [3.8, 4) is 5.75 Å². The van der Waals surface area contributed by atoms with Crippen LogP contribution in [-0.4, -0.2) is 30.1 Å². The molecule has 1 saturated heterocycles. The summed E-state index contributed by atoms with van der Waals surface area (Å²) in [5, 5.41) is 0. The van der Waals surface area contributed by atoms with E-state index in [2.05, 4.69) is 13.8 Å². The van der Waals surface area contributed by atoms with Gasteiger partial charge >= 0.3 is 6.09 Å². The number of para-hydroxylation sites is 1. The molecule has 0 saturated carbocycles. The van der Waals surface area contributed by atoms with E-state index in [1.54, 1.807) is 4.90 Å². The molecule has 104 valence electrons. The highest BCUT2D eigenvalue weighted by Gasteiger charge is 2.22. The van der Waals surface area contributed by atoms with Crippen LogP contribution < -0.4 is 10.5 Å². The lowest BCUT2D eigenvalue weighted by Gasteiger charge is -2.29. The number of ether oxygens (including phenoxy) is 1. The second-order valence-electron chi connectivity index (χ2n) is 5.38. The van der Waals surface area contributed by atoms with Crippen molar-refractivity contribution in [1.82, 2.24) is 4.90 Å². The van der Waals surface area contributed by atoms with E-state index < -0.39 is 0 Å². The Labute approximate surface area is 114 Å². The van der Waals surface area contributed by atoms with Gasteiger partial charge in [0.1, 0.15) is 5.75 Å². The molecule has 1 aliphatic rings. The zero-order valence-electron chi connectivity index (χ0n) is 11.6. The zero-order valence-corrected chi connectivity index (χ0v) is 11.6. The van der Waals surface area contributed by atoms with Gasteiger partial charge in [-0.2, -0.15) is 0 Å². The number of carbonyl (C=O) groups is 1. The molecule has 0 bridgehead atoms. The van der Waals surface area contributed by atoms with Crippen LogP contribution in [0.5, 0.6) is 5.75 Å². The predicted octanol–water partition coefficient (Wildman–Crippen LogP) is 2.73. The summed E-state index contributed by atoms with van der Waals surface area (Å²) in [6.45, 7) is 5.55. The normalized spacial score (nSPS) is 16.7. The van der Waals surface area contributed by atoms with Crippen molar-refractivity contribution in [2.75, 3.05) is 13.1 Å². The van der Waals surface area contributed by atoms with Gasteiger partial charge in [-0.15, -0.1) is 0 Å². The summed E-state index contributed by atoms with van der Waals surface area (Å²) in [5.74, 6) is 0.996. The number of likely N-dealkylation sites (tertiary alicyclic amines) is 1. The number of amides is 1. The summed E-state index contributed by atoms with van der Waals surface area (Å²) < 4.78 is 5.53. The fraction of sp³-hybridized carbons (Fsp3) is 0.533.